The van der Waals surface area contributed by atoms with Crippen molar-refractivity contribution in [3.05, 3.63) is 29.8 Å². The third kappa shape index (κ3) is 2.31. The van der Waals surface area contributed by atoms with Gasteiger partial charge in [-0.2, -0.15) is 0 Å². The molecule has 0 amide bonds. The van der Waals surface area contributed by atoms with Crippen LogP contribution in [0.25, 0.3) is 0 Å². The second-order valence-electron chi connectivity index (χ2n) is 6.60. The molecule has 2 atom stereocenters. The summed E-state index contributed by atoms with van der Waals surface area (Å²) in [6, 6.07) is 8.41. The van der Waals surface area contributed by atoms with Crippen LogP contribution in [-0.2, 0) is 4.74 Å². The quantitative estimate of drug-likeness (QED) is 0.910. The molecule has 0 saturated carbocycles. The fraction of sp³-hybridized carbons (Fsp3) is 0.588. The lowest BCUT2D eigenvalue weighted by molar-refractivity contribution is -0.0902. The van der Waals surface area contributed by atoms with Gasteiger partial charge in [-0.25, -0.2) is 0 Å². The molecule has 0 aromatic heterocycles. The Morgan fingerprint density at radius 1 is 1.38 bits per heavy atom. The molecule has 2 unspecified atom stereocenters. The minimum atomic E-state index is -0.0840. The molecule has 1 aromatic rings. The highest BCUT2D eigenvalue weighted by Gasteiger charge is 2.50. The molecule has 0 radical (unpaired) electrons. The number of nitrogens with two attached hydrogens (primary N) is 1. The van der Waals surface area contributed by atoms with Gasteiger partial charge in [0, 0.05) is 18.7 Å². The molecule has 21 heavy (non-hydrogen) atoms. The van der Waals surface area contributed by atoms with Gasteiger partial charge >= 0.3 is 0 Å². The van der Waals surface area contributed by atoms with Crippen molar-refractivity contribution < 1.29 is 4.74 Å². The topological polar surface area (TPSA) is 50.9 Å². The summed E-state index contributed by atoms with van der Waals surface area (Å²) in [6.45, 7) is 8.07. The van der Waals surface area contributed by atoms with Crippen molar-refractivity contribution in [3.8, 4) is 0 Å². The number of hydrogen-bond acceptors (Lipinski definition) is 4. The molecule has 1 saturated heterocycles. The molecule has 3 rings (SSSR count). The number of guanidine groups is 1. The Kier molecular flexibility index (Phi) is 3.44. The number of nitrogens with zero attached hydrogens (tertiary/aromatic N) is 2. The number of para-hydroxylation sites is 1. The van der Waals surface area contributed by atoms with E-state index in [0.29, 0.717) is 5.96 Å². The number of ether oxygens (including phenoxy) is 1. The number of aliphatic imine (C=N–C) groups is 1. The number of anilines is 1. The molecule has 2 aliphatic rings. The molecule has 1 aromatic carbocycles. The van der Waals surface area contributed by atoms with Crippen LogP contribution in [0, 0.1) is 6.92 Å². The molecule has 2 N–H and O–H groups in total. The monoisotopic (exact) mass is 287 g/mol. The summed E-state index contributed by atoms with van der Waals surface area (Å²) in [5.74, 6) is 0.643. The van der Waals surface area contributed by atoms with Crippen LogP contribution >= 0.6 is 0 Å². The van der Waals surface area contributed by atoms with Gasteiger partial charge in [-0.1, -0.05) is 25.1 Å². The lowest BCUT2D eigenvalue weighted by Gasteiger charge is -2.49. The maximum absolute atomic E-state index is 6.25. The molecule has 0 bridgehead atoms. The standard InChI is InChI=1S/C17H25N3O/c1-4-16(3)11-17(9-10-21-16)12-19-15(18)20(17)14-8-6-5-7-13(14)2/h5-8H,4,9-12H2,1-3H3,(H2,18,19). The normalized spacial score (nSPS) is 32.5. The highest BCUT2D eigenvalue weighted by atomic mass is 16.5. The Balaban J connectivity index is 2.01. The minimum Gasteiger partial charge on any atom is -0.375 e. The van der Waals surface area contributed by atoms with E-state index in [1.165, 1.54) is 11.3 Å². The van der Waals surface area contributed by atoms with Gasteiger partial charge in [0.05, 0.1) is 17.7 Å². The molecule has 4 heteroatoms. The van der Waals surface area contributed by atoms with E-state index >= 15 is 0 Å². The number of aryl methyl sites for hydroxylation is 1. The second-order valence-corrected chi connectivity index (χ2v) is 6.60. The summed E-state index contributed by atoms with van der Waals surface area (Å²) in [5.41, 5.74) is 8.55. The fourth-order valence-corrected chi connectivity index (χ4v) is 3.68. The molecule has 4 nitrogen and oxygen atoms in total. The average molecular weight is 287 g/mol. The summed E-state index contributed by atoms with van der Waals surface area (Å²) in [7, 11) is 0. The van der Waals surface area contributed by atoms with Gasteiger partial charge in [-0.05, 0) is 38.3 Å². The number of benzene rings is 1. The van der Waals surface area contributed by atoms with Gasteiger partial charge in [-0.15, -0.1) is 0 Å². The van der Waals surface area contributed by atoms with Gasteiger partial charge in [0.2, 0.25) is 0 Å². The second kappa shape index (κ2) is 5.02. The van der Waals surface area contributed by atoms with E-state index in [4.69, 9.17) is 10.5 Å². The molecule has 2 heterocycles. The lowest BCUT2D eigenvalue weighted by Crippen LogP contribution is -2.59. The van der Waals surface area contributed by atoms with E-state index in [0.717, 1.165) is 32.4 Å². The van der Waals surface area contributed by atoms with Crippen LogP contribution < -0.4 is 10.6 Å². The SMILES string of the molecule is CCC1(C)CC2(CCO1)CN=C(N)N2c1ccccc1C. The predicted molar refractivity (Wildman–Crippen MR) is 86.8 cm³/mol. The van der Waals surface area contributed by atoms with E-state index < -0.39 is 0 Å². The highest BCUT2D eigenvalue weighted by Crippen LogP contribution is 2.43. The maximum atomic E-state index is 6.25. The van der Waals surface area contributed by atoms with E-state index in [1.807, 2.05) is 0 Å². The van der Waals surface area contributed by atoms with E-state index in [-0.39, 0.29) is 11.1 Å². The van der Waals surface area contributed by atoms with Crippen LogP contribution in [0.15, 0.2) is 29.3 Å². The zero-order valence-corrected chi connectivity index (χ0v) is 13.2. The van der Waals surface area contributed by atoms with Crippen LogP contribution in [0.5, 0.6) is 0 Å². The van der Waals surface area contributed by atoms with Gasteiger partial charge in [0.1, 0.15) is 0 Å². The third-order valence-corrected chi connectivity index (χ3v) is 5.06. The first-order chi connectivity index (χ1) is 10.00. The van der Waals surface area contributed by atoms with Crippen molar-refractivity contribution in [1.82, 2.24) is 0 Å². The Morgan fingerprint density at radius 3 is 2.86 bits per heavy atom. The third-order valence-electron chi connectivity index (χ3n) is 5.06. The molecular formula is C17H25N3O. The van der Waals surface area contributed by atoms with Crippen LogP contribution in [0.3, 0.4) is 0 Å². The van der Waals surface area contributed by atoms with Gasteiger partial charge in [0.25, 0.3) is 0 Å². The molecular weight excluding hydrogens is 262 g/mol. The Morgan fingerprint density at radius 2 is 2.14 bits per heavy atom. The van der Waals surface area contributed by atoms with E-state index in [2.05, 4.69) is 54.9 Å². The highest BCUT2D eigenvalue weighted by molar-refractivity contribution is 5.99. The van der Waals surface area contributed by atoms with Crippen molar-refractivity contribution in [2.24, 2.45) is 10.7 Å². The van der Waals surface area contributed by atoms with Crippen molar-refractivity contribution >= 4 is 11.6 Å². The van der Waals surface area contributed by atoms with Crippen LogP contribution in [0.2, 0.25) is 0 Å². The van der Waals surface area contributed by atoms with Crippen LogP contribution in [-0.4, -0.2) is 30.3 Å². The van der Waals surface area contributed by atoms with Gasteiger partial charge in [0.15, 0.2) is 5.96 Å². The first-order valence-corrected chi connectivity index (χ1v) is 7.79. The summed E-state index contributed by atoms with van der Waals surface area (Å²) in [4.78, 5) is 6.84. The number of rotatable bonds is 2. The Labute approximate surface area is 127 Å². The zero-order chi connectivity index (χ0) is 15.1. The van der Waals surface area contributed by atoms with E-state index in [9.17, 15) is 0 Å². The molecule has 1 spiro atoms. The van der Waals surface area contributed by atoms with Crippen molar-refractivity contribution in [2.45, 2.75) is 51.2 Å². The van der Waals surface area contributed by atoms with Crippen LogP contribution in [0.1, 0.15) is 38.7 Å². The molecule has 114 valence electrons. The van der Waals surface area contributed by atoms with Gasteiger partial charge in [-0.3, -0.25) is 4.99 Å². The largest absolute Gasteiger partial charge is 0.375 e. The Bertz CT molecular complexity index is 571. The van der Waals surface area contributed by atoms with E-state index in [1.54, 1.807) is 0 Å². The lowest BCUT2D eigenvalue weighted by atomic mass is 9.78. The van der Waals surface area contributed by atoms with Gasteiger partial charge < -0.3 is 15.4 Å². The number of hydrogen-bond donors (Lipinski definition) is 1. The summed E-state index contributed by atoms with van der Waals surface area (Å²) < 4.78 is 6.03. The summed E-state index contributed by atoms with van der Waals surface area (Å²) in [5, 5.41) is 0. The first kappa shape index (κ1) is 14.4. The first-order valence-electron chi connectivity index (χ1n) is 7.79. The average Bonchev–Trinajstić information content (AvgIpc) is 2.76. The molecule has 1 fully saturated rings. The van der Waals surface area contributed by atoms with Crippen molar-refractivity contribution in [3.63, 3.8) is 0 Å². The molecule has 2 aliphatic heterocycles. The van der Waals surface area contributed by atoms with Crippen molar-refractivity contribution in [1.29, 1.82) is 0 Å². The summed E-state index contributed by atoms with van der Waals surface area (Å²) >= 11 is 0. The minimum absolute atomic E-state index is 0.0286. The smallest absolute Gasteiger partial charge is 0.196 e. The Hall–Kier alpha value is -1.55. The van der Waals surface area contributed by atoms with Crippen molar-refractivity contribution in [2.75, 3.05) is 18.1 Å². The predicted octanol–water partition coefficient (Wildman–Crippen LogP) is 2.85. The molecule has 0 aliphatic carbocycles. The summed E-state index contributed by atoms with van der Waals surface area (Å²) in [6.07, 6.45) is 2.95. The fourth-order valence-electron chi connectivity index (χ4n) is 3.68. The van der Waals surface area contributed by atoms with Crippen LogP contribution in [0.4, 0.5) is 5.69 Å². The maximum Gasteiger partial charge on any atom is 0.196 e. The zero-order valence-electron chi connectivity index (χ0n) is 13.2.